The molecule has 1 heterocycles. The third-order valence-electron chi connectivity index (χ3n) is 7.21. The minimum Gasteiger partial charge on any atom is -0.508 e. The average molecular weight is 469 g/mol. The fourth-order valence-electron chi connectivity index (χ4n) is 5.42. The molecule has 6 nitrogen and oxygen atoms in total. The SMILES string of the molecule is Oc1cc(O)c(-c2nc(OC3CCCC3)cc(C3=CCC4C=C5CCC=CC5=CC4=C3)n2)c(O)c1. The van der Waals surface area contributed by atoms with Crippen LogP contribution in [0, 0.1) is 5.92 Å². The second-order valence-electron chi connectivity index (χ2n) is 9.68. The maximum atomic E-state index is 10.5. The molecule has 0 spiro atoms. The molecule has 1 unspecified atom stereocenters. The van der Waals surface area contributed by atoms with Gasteiger partial charge in [-0.15, -0.1) is 0 Å². The molecule has 1 fully saturated rings. The van der Waals surface area contributed by atoms with Crippen molar-refractivity contribution in [3.63, 3.8) is 0 Å². The molecule has 178 valence electrons. The Morgan fingerprint density at radius 2 is 1.71 bits per heavy atom. The molecule has 0 saturated heterocycles. The van der Waals surface area contributed by atoms with E-state index < -0.39 is 0 Å². The second kappa shape index (κ2) is 8.77. The van der Waals surface area contributed by atoms with Crippen LogP contribution in [-0.2, 0) is 0 Å². The molecule has 0 amide bonds. The van der Waals surface area contributed by atoms with Crippen LogP contribution in [0.4, 0.5) is 0 Å². The first-order valence-corrected chi connectivity index (χ1v) is 12.4. The van der Waals surface area contributed by atoms with Gasteiger partial charge in [0.05, 0.1) is 5.69 Å². The number of benzene rings is 1. The lowest BCUT2D eigenvalue weighted by atomic mass is 9.78. The fourth-order valence-corrected chi connectivity index (χ4v) is 5.42. The Bertz CT molecular complexity index is 1320. The van der Waals surface area contributed by atoms with Crippen LogP contribution in [0.5, 0.6) is 23.1 Å². The van der Waals surface area contributed by atoms with Gasteiger partial charge in [-0.2, -0.15) is 4.98 Å². The lowest BCUT2D eigenvalue weighted by Crippen LogP contribution is -2.14. The van der Waals surface area contributed by atoms with E-state index in [4.69, 9.17) is 9.72 Å². The number of fused-ring (bicyclic) bond motifs is 2. The van der Waals surface area contributed by atoms with Crippen molar-refractivity contribution < 1.29 is 20.1 Å². The number of nitrogens with zero attached hydrogens (tertiary/aromatic N) is 2. The van der Waals surface area contributed by atoms with Crippen molar-refractivity contribution >= 4 is 5.57 Å². The number of phenolic OH excluding ortho intramolecular Hbond substituents is 3. The van der Waals surface area contributed by atoms with Gasteiger partial charge in [0.2, 0.25) is 5.88 Å². The molecule has 2 aromatic rings. The second-order valence-corrected chi connectivity index (χ2v) is 9.68. The van der Waals surface area contributed by atoms with Gasteiger partial charge < -0.3 is 20.1 Å². The first kappa shape index (κ1) is 21.7. The van der Waals surface area contributed by atoms with E-state index in [1.165, 1.54) is 28.9 Å². The predicted molar refractivity (Wildman–Crippen MR) is 134 cm³/mol. The van der Waals surface area contributed by atoms with E-state index in [2.05, 4.69) is 41.4 Å². The van der Waals surface area contributed by atoms with Crippen molar-refractivity contribution in [1.82, 2.24) is 9.97 Å². The average Bonchev–Trinajstić information content (AvgIpc) is 3.34. The van der Waals surface area contributed by atoms with Crippen molar-refractivity contribution in [2.24, 2.45) is 5.92 Å². The Hall–Kier alpha value is -3.80. The first-order chi connectivity index (χ1) is 17.0. The van der Waals surface area contributed by atoms with Crippen molar-refractivity contribution in [3.8, 4) is 34.5 Å². The molecule has 1 aromatic heterocycles. The van der Waals surface area contributed by atoms with Crippen LogP contribution in [0.2, 0.25) is 0 Å². The topological polar surface area (TPSA) is 95.7 Å². The van der Waals surface area contributed by atoms with E-state index in [1.807, 2.05) is 6.07 Å². The third-order valence-corrected chi connectivity index (χ3v) is 7.21. The molecule has 6 rings (SSSR count). The monoisotopic (exact) mass is 468 g/mol. The normalized spacial score (nSPS) is 21.4. The molecule has 0 aliphatic heterocycles. The van der Waals surface area contributed by atoms with E-state index >= 15 is 0 Å². The summed E-state index contributed by atoms with van der Waals surface area (Å²) < 4.78 is 6.21. The number of aromatic hydroxyl groups is 3. The number of hydrogen-bond donors (Lipinski definition) is 3. The summed E-state index contributed by atoms with van der Waals surface area (Å²) in [5, 5.41) is 30.7. The van der Waals surface area contributed by atoms with Crippen molar-refractivity contribution in [2.45, 2.75) is 51.0 Å². The molecule has 4 aliphatic carbocycles. The highest BCUT2D eigenvalue weighted by Gasteiger charge is 2.25. The van der Waals surface area contributed by atoms with Crippen LogP contribution in [0.3, 0.4) is 0 Å². The summed E-state index contributed by atoms with van der Waals surface area (Å²) in [4.78, 5) is 9.25. The Balaban J connectivity index is 1.41. The number of hydrogen-bond acceptors (Lipinski definition) is 6. The standard InChI is InChI=1S/C29H28N2O4/c32-22-14-25(33)28(26(34)15-22)29-30-24(16-27(31-29)35-23-7-3-4-8-23)20-10-9-19-11-17-5-1-2-6-18(17)12-21(19)13-20/h2,6,10-16,19,23,32-34H,1,3-5,7-9H2. The van der Waals surface area contributed by atoms with Gasteiger partial charge >= 0.3 is 0 Å². The van der Waals surface area contributed by atoms with Gasteiger partial charge in [-0.3, -0.25) is 0 Å². The van der Waals surface area contributed by atoms with Crippen LogP contribution < -0.4 is 4.74 Å². The van der Waals surface area contributed by atoms with Gasteiger partial charge in [0.1, 0.15) is 28.9 Å². The van der Waals surface area contributed by atoms with Crippen LogP contribution in [-0.4, -0.2) is 31.4 Å². The molecular formula is C29H28N2O4. The van der Waals surface area contributed by atoms with E-state index in [-0.39, 0.29) is 34.7 Å². The van der Waals surface area contributed by atoms with Gasteiger partial charge in [0.15, 0.2) is 5.82 Å². The van der Waals surface area contributed by atoms with Crippen LogP contribution in [0.15, 0.2) is 71.4 Å². The molecule has 0 bridgehead atoms. The quantitative estimate of drug-likeness (QED) is 0.500. The number of rotatable bonds is 4. The van der Waals surface area contributed by atoms with Crippen LogP contribution >= 0.6 is 0 Å². The first-order valence-electron chi connectivity index (χ1n) is 12.4. The molecule has 6 heteroatoms. The smallest absolute Gasteiger partial charge is 0.217 e. The Morgan fingerprint density at radius 3 is 2.51 bits per heavy atom. The Labute approximate surface area is 204 Å². The zero-order valence-electron chi connectivity index (χ0n) is 19.4. The zero-order chi connectivity index (χ0) is 23.9. The molecule has 35 heavy (non-hydrogen) atoms. The predicted octanol–water partition coefficient (Wildman–Crippen LogP) is 6.13. The fraction of sp³-hybridized carbons (Fsp3) is 0.310. The van der Waals surface area contributed by atoms with E-state index in [0.717, 1.165) is 50.5 Å². The molecule has 0 radical (unpaired) electrons. The number of phenols is 3. The number of aromatic nitrogens is 2. The summed E-state index contributed by atoms with van der Waals surface area (Å²) in [7, 11) is 0. The summed E-state index contributed by atoms with van der Waals surface area (Å²) in [6, 6.07) is 4.19. The maximum Gasteiger partial charge on any atom is 0.217 e. The highest BCUT2D eigenvalue weighted by Crippen LogP contribution is 2.42. The van der Waals surface area contributed by atoms with Crippen LogP contribution in [0.25, 0.3) is 17.0 Å². The van der Waals surface area contributed by atoms with E-state index in [1.54, 1.807) is 0 Å². The van der Waals surface area contributed by atoms with Crippen molar-refractivity contribution in [3.05, 3.63) is 77.1 Å². The summed E-state index contributed by atoms with van der Waals surface area (Å²) in [5.41, 5.74) is 5.67. The van der Waals surface area contributed by atoms with Crippen molar-refractivity contribution in [1.29, 1.82) is 0 Å². The molecule has 1 saturated carbocycles. The minimum absolute atomic E-state index is 0.0718. The van der Waals surface area contributed by atoms with Gasteiger partial charge in [0, 0.05) is 24.1 Å². The minimum atomic E-state index is -0.290. The van der Waals surface area contributed by atoms with E-state index in [9.17, 15) is 15.3 Å². The number of allylic oxidation sites excluding steroid dienone is 10. The van der Waals surface area contributed by atoms with Gasteiger partial charge in [-0.25, -0.2) is 4.98 Å². The molecule has 4 aliphatic rings. The lowest BCUT2D eigenvalue weighted by molar-refractivity contribution is 0.201. The molecule has 1 aromatic carbocycles. The molecule has 3 N–H and O–H groups in total. The maximum absolute atomic E-state index is 10.5. The lowest BCUT2D eigenvalue weighted by Gasteiger charge is -2.27. The Kier molecular flexibility index (Phi) is 5.44. The third kappa shape index (κ3) is 4.25. The number of ether oxygens (including phenoxy) is 1. The summed E-state index contributed by atoms with van der Waals surface area (Å²) in [6.07, 6.45) is 20.8. The van der Waals surface area contributed by atoms with Gasteiger partial charge in [-0.05, 0) is 73.3 Å². The summed E-state index contributed by atoms with van der Waals surface area (Å²) in [5.74, 6) is 0.130. The largest absolute Gasteiger partial charge is 0.508 e. The Morgan fingerprint density at radius 1 is 0.914 bits per heavy atom. The van der Waals surface area contributed by atoms with Gasteiger partial charge in [-0.1, -0.05) is 30.4 Å². The van der Waals surface area contributed by atoms with E-state index in [0.29, 0.717) is 17.5 Å². The van der Waals surface area contributed by atoms with Crippen molar-refractivity contribution in [2.75, 3.05) is 0 Å². The summed E-state index contributed by atoms with van der Waals surface area (Å²) >= 11 is 0. The highest BCUT2D eigenvalue weighted by molar-refractivity contribution is 5.79. The summed E-state index contributed by atoms with van der Waals surface area (Å²) in [6.45, 7) is 0. The van der Waals surface area contributed by atoms with Crippen LogP contribution in [0.1, 0.15) is 50.6 Å². The highest BCUT2D eigenvalue weighted by atomic mass is 16.5. The van der Waals surface area contributed by atoms with Gasteiger partial charge in [0.25, 0.3) is 0 Å². The molecular weight excluding hydrogens is 440 g/mol. The molecule has 1 atom stereocenters. The zero-order valence-corrected chi connectivity index (χ0v) is 19.4.